The highest BCUT2D eigenvalue weighted by molar-refractivity contribution is 6.05. The number of aryl methyl sites for hydroxylation is 1. The summed E-state index contributed by atoms with van der Waals surface area (Å²) in [5.41, 5.74) is 3.77. The maximum atomic E-state index is 12.6. The number of H-pyrrole nitrogens is 1. The molecule has 0 bridgehead atoms. The number of nitrogens with one attached hydrogen (secondary N) is 2. The van der Waals surface area contributed by atoms with Gasteiger partial charge in [0.2, 0.25) is 5.88 Å². The number of nitriles is 1. The number of ether oxygens (including phenoxy) is 1. The molecule has 4 aromatic rings. The molecule has 1 amide bonds. The van der Waals surface area contributed by atoms with Gasteiger partial charge in [0.15, 0.2) is 0 Å². The molecule has 2 aromatic heterocycles. The fourth-order valence-electron chi connectivity index (χ4n) is 2.97. The Morgan fingerprint density at radius 2 is 2.03 bits per heavy atom. The highest BCUT2D eigenvalue weighted by Gasteiger charge is 2.14. The predicted octanol–water partition coefficient (Wildman–Crippen LogP) is 3.97. The van der Waals surface area contributed by atoms with Crippen molar-refractivity contribution in [2.75, 3.05) is 5.32 Å². The summed E-state index contributed by atoms with van der Waals surface area (Å²) in [4.78, 5) is 16.7. The van der Waals surface area contributed by atoms with Gasteiger partial charge in [0, 0.05) is 11.9 Å². The van der Waals surface area contributed by atoms with E-state index in [0.717, 1.165) is 16.5 Å². The molecule has 0 fully saturated rings. The van der Waals surface area contributed by atoms with Gasteiger partial charge < -0.3 is 10.1 Å². The number of amides is 1. The number of fused-ring (bicyclic) bond motifs is 1. The van der Waals surface area contributed by atoms with Crippen molar-refractivity contribution in [2.45, 2.75) is 13.5 Å². The van der Waals surface area contributed by atoms with Crippen molar-refractivity contribution in [3.05, 3.63) is 83.2 Å². The van der Waals surface area contributed by atoms with Crippen LogP contribution in [0.2, 0.25) is 0 Å². The summed E-state index contributed by atoms with van der Waals surface area (Å²) >= 11 is 0. The first-order valence-electron chi connectivity index (χ1n) is 8.97. The zero-order valence-electron chi connectivity index (χ0n) is 15.6. The molecule has 2 N–H and O–H groups in total. The van der Waals surface area contributed by atoms with Gasteiger partial charge in [-0.2, -0.15) is 5.26 Å². The molecule has 7 nitrogen and oxygen atoms in total. The van der Waals surface area contributed by atoms with Crippen LogP contribution in [0.1, 0.15) is 27.2 Å². The van der Waals surface area contributed by atoms with Gasteiger partial charge in [-0.1, -0.05) is 30.3 Å². The number of aromatic nitrogens is 3. The highest BCUT2D eigenvalue weighted by atomic mass is 16.5. The Morgan fingerprint density at radius 3 is 2.79 bits per heavy atom. The number of anilines is 1. The molecule has 4 rings (SSSR count). The number of hydrogen-bond donors (Lipinski definition) is 2. The largest absolute Gasteiger partial charge is 0.471 e. The SMILES string of the molecule is Cc1cc(C#N)cnc1C(=O)Nc1ccc2[nH]nc(OCc3ccccc3)c2c1. The normalized spacial score (nSPS) is 10.5. The van der Waals surface area contributed by atoms with E-state index in [2.05, 4.69) is 20.5 Å². The third-order valence-corrected chi connectivity index (χ3v) is 4.43. The zero-order valence-corrected chi connectivity index (χ0v) is 15.6. The van der Waals surface area contributed by atoms with Crippen LogP contribution in [0.15, 0.2) is 60.8 Å². The van der Waals surface area contributed by atoms with Gasteiger partial charge in [-0.15, -0.1) is 5.10 Å². The van der Waals surface area contributed by atoms with E-state index in [1.165, 1.54) is 6.20 Å². The fraction of sp³-hybridized carbons (Fsp3) is 0.0909. The summed E-state index contributed by atoms with van der Waals surface area (Å²) in [7, 11) is 0. The second-order valence-electron chi connectivity index (χ2n) is 6.52. The van der Waals surface area contributed by atoms with Crippen LogP contribution < -0.4 is 10.1 Å². The lowest BCUT2D eigenvalue weighted by Crippen LogP contribution is -2.15. The van der Waals surface area contributed by atoms with Crippen LogP contribution in [-0.4, -0.2) is 21.1 Å². The van der Waals surface area contributed by atoms with Crippen LogP contribution in [0.4, 0.5) is 5.69 Å². The van der Waals surface area contributed by atoms with Crippen molar-refractivity contribution in [1.29, 1.82) is 5.26 Å². The summed E-state index contributed by atoms with van der Waals surface area (Å²) in [6.07, 6.45) is 1.39. The Hall–Kier alpha value is -4.18. The number of nitrogens with zero attached hydrogens (tertiary/aromatic N) is 3. The lowest BCUT2D eigenvalue weighted by Gasteiger charge is -2.08. The van der Waals surface area contributed by atoms with E-state index in [0.29, 0.717) is 29.3 Å². The lowest BCUT2D eigenvalue weighted by molar-refractivity contribution is 0.102. The number of carbonyl (C=O) groups is 1. The molecule has 0 radical (unpaired) electrons. The Bertz CT molecular complexity index is 1230. The Morgan fingerprint density at radius 1 is 1.21 bits per heavy atom. The molecule has 2 heterocycles. The number of aromatic amines is 1. The molecule has 2 aromatic carbocycles. The maximum Gasteiger partial charge on any atom is 0.274 e. The molecule has 0 atom stereocenters. The van der Waals surface area contributed by atoms with Gasteiger partial charge in [-0.25, -0.2) is 4.98 Å². The first-order chi connectivity index (χ1) is 14.1. The number of hydrogen-bond acceptors (Lipinski definition) is 5. The van der Waals surface area contributed by atoms with Crippen molar-refractivity contribution < 1.29 is 9.53 Å². The minimum atomic E-state index is -0.346. The molecule has 0 unspecified atom stereocenters. The lowest BCUT2D eigenvalue weighted by atomic mass is 10.1. The average molecular weight is 383 g/mol. The summed E-state index contributed by atoms with van der Waals surface area (Å²) in [5.74, 6) is 0.120. The number of carbonyl (C=O) groups excluding carboxylic acids is 1. The Kier molecular flexibility index (Phi) is 4.91. The molecular weight excluding hydrogens is 366 g/mol. The van der Waals surface area contributed by atoms with Crippen molar-refractivity contribution in [3.63, 3.8) is 0 Å². The minimum absolute atomic E-state index is 0.275. The summed E-state index contributed by atoms with van der Waals surface area (Å²) in [5, 5.41) is 19.7. The van der Waals surface area contributed by atoms with E-state index >= 15 is 0 Å². The van der Waals surface area contributed by atoms with E-state index in [4.69, 9.17) is 10.00 Å². The minimum Gasteiger partial charge on any atom is -0.471 e. The summed E-state index contributed by atoms with van der Waals surface area (Å²) < 4.78 is 5.84. The second kappa shape index (κ2) is 7.82. The second-order valence-corrected chi connectivity index (χ2v) is 6.52. The van der Waals surface area contributed by atoms with Crippen LogP contribution in [-0.2, 0) is 6.61 Å². The molecule has 0 saturated heterocycles. The molecule has 29 heavy (non-hydrogen) atoms. The van der Waals surface area contributed by atoms with Crippen LogP contribution >= 0.6 is 0 Å². The summed E-state index contributed by atoms with van der Waals surface area (Å²) in [6, 6.07) is 18.9. The van der Waals surface area contributed by atoms with Crippen molar-refractivity contribution in [2.24, 2.45) is 0 Å². The Labute approximate surface area is 167 Å². The van der Waals surface area contributed by atoms with Gasteiger partial charge in [0.1, 0.15) is 18.4 Å². The molecule has 0 aliphatic rings. The number of pyridine rings is 1. The van der Waals surface area contributed by atoms with E-state index in [9.17, 15) is 4.79 Å². The molecule has 142 valence electrons. The number of rotatable bonds is 5. The van der Waals surface area contributed by atoms with E-state index in [-0.39, 0.29) is 11.6 Å². The van der Waals surface area contributed by atoms with Gasteiger partial charge in [-0.05, 0) is 42.3 Å². The van der Waals surface area contributed by atoms with Crippen LogP contribution in [0.5, 0.6) is 5.88 Å². The van der Waals surface area contributed by atoms with Gasteiger partial charge in [0.05, 0.1) is 16.5 Å². The number of benzene rings is 2. The third kappa shape index (κ3) is 3.92. The van der Waals surface area contributed by atoms with Crippen molar-refractivity contribution >= 4 is 22.5 Å². The van der Waals surface area contributed by atoms with E-state index in [1.807, 2.05) is 42.5 Å². The van der Waals surface area contributed by atoms with Crippen molar-refractivity contribution in [1.82, 2.24) is 15.2 Å². The van der Waals surface area contributed by atoms with Crippen LogP contribution in [0, 0.1) is 18.3 Å². The molecule has 0 spiro atoms. The monoisotopic (exact) mass is 383 g/mol. The van der Waals surface area contributed by atoms with Crippen LogP contribution in [0.3, 0.4) is 0 Å². The first kappa shape index (κ1) is 18.2. The molecule has 0 saturated carbocycles. The predicted molar refractivity (Wildman–Crippen MR) is 109 cm³/mol. The first-order valence-corrected chi connectivity index (χ1v) is 8.97. The van der Waals surface area contributed by atoms with E-state index in [1.54, 1.807) is 25.1 Å². The highest BCUT2D eigenvalue weighted by Crippen LogP contribution is 2.27. The Balaban J connectivity index is 1.54. The molecule has 0 aliphatic carbocycles. The smallest absolute Gasteiger partial charge is 0.274 e. The fourth-order valence-corrected chi connectivity index (χ4v) is 2.97. The molecule has 0 aliphatic heterocycles. The molecular formula is C22H17N5O2. The average Bonchev–Trinajstić information content (AvgIpc) is 3.15. The quantitative estimate of drug-likeness (QED) is 0.543. The molecule has 7 heteroatoms. The van der Waals surface area contributed by atoms with Crippen LogP contribution in [0.25, 0.3) is 10.9 Å². The maximum absolute atomic E-state index is 12.6. The third-order valence-electron chi connectivity index (χ3n) is 4.43. The van der Waals surface area contributed by atoms with E-state index < -0.39 is 0 Å². The van der Waals surface area contributed by atoms with Gasteiger partial charge in [0.25, 0.3) is 5.91 Å². The summed E-state index contributed by atoms with van der Waals surface area (Å²) in [6.45, 7) is 2.14. The van der Waals surface area contributed by atoms with Gasteiger partial charge >= 0.3 is 0 Å². The van der Waals surface area contributed by atoms with Gasteiger partial charge in [-0.3, -0.25) is 9.89 Å². The van der Waals surface area contributed by atoms with Crippen molar-refractivity contribution in [3.8, 4) is 11.9 Å². The zero-order chi connectivity index (χ0) is 20.2. The standard InChI is InChI=1S/C22H17N5O2/c1-14-9-16(11-23)12-24-20(14)21(28)25-17-7-8-19-18(10-17)22(27-26-19)29-13-15-5-3-2-4-6-15/h2-10,12H,13H2,1H3,(H,25,28)(H,26,27). The topological polar surface area (TPSA) is 104 Å².